The van der Waals surface area contributed by atoms with E-state index in [0.29, 0.717) is 18.0 Å². The standard InChI is InChI=1S/C18H18N2O6/c1-2-25-16-10-6-4-8-14(16)19-17(21)12-26-18(22)11-13-7-3-5-9-15(13)20(23)24/h3-10H,2,11-12H2,1H3,(H,19,21). The number of hydrogen-bond donors (Lipinski definition) is 1. The maximum Gasteiger partial charge on any atom is 0.311 e. The summed E-state index contributed by atoms with van der Waals surface area (Å²) in [6, 6.07) is 12.8. The van der Waals surface area contributed by atoms with Crippen LogP contribution in [0.5, 0.6) is 5.75 Å². The van der Waals surface area contributed by atoms with Crippen molar-refractivity contribution in [3.63, 3.8) is 0 Å². The highest BCUT2D eigenvalue weighted by atomic mass is 16.6. The number of nitro benzene ring substituents is 1. The molecule has 0 unspecified atom stereocenters. The van der Waals surface area contributed by atoms with Crippen molar-refractivity contribution < 1.29 is 24.0 Å². The Hall–Kier alpha value is -3.42. The molecule has 26 heavy (non-hydrogen) atoms. The second-order valence-electron chi connectivity index (χ2n) is 5.20. The SMILES string of the molecule is CCOc1ccccc1NC(=O)COC(=O)Cc1ccccc1[N+](=O)[O-]. The lowest BCUT2D eigenvalue weighted by atomic mass is 10.1. The van der Waals surface area contributed by atoms with Crippen LogP contribution in [0.1, 0.15) is 12.5 Å². The summed E-state index contributed by atoms with van der Waals surface area (Å²) in [5, 5.41) is 13.5. The minimum absolute atomic E-state index is 0.167. The first-order valence-corrected chi connectivity index (χ1v) is 7.91. The third-order valence-electron chi connectivity index (χ3n) is 3.35. The molecule has 2 aromatic rings. The highest BCUT2D eigenvalue weighted by Gasteiger charge is 2.17. The summed E-state index contributed by atoms with van der Waals surface area (Å²) in [4.78, 5) is 34.2. The molecule has 136 valence electrons. The third kappa shape index (κ3) is 5.30. The number of rotatable bonds is 8. The molecule has 0 aromatic heterocycles. The van der Waals surface area contributed by atoms with Crippen molar-refractivity contribution in [2.45, 2.75) is 13.3 Å². The summed E-state index contributed by atoms with van der Waals surface area (Å²) in [5.74, 6) is -0.754. The Labute approximate surface area is 149 Å². The Morgan fingerprint density at radius 3 is 2.54 bits per heavy atom. The van der Waals surface area contributed by atoms with Gasteiger partial charge < -0.3 is 14.8 Å². The molecule has 0 saturated carbocycles. The molecule has 1 amide bonds. The van der Waals surface area contributed by atoms with Crippen LogP contribution in [0.4, 0.5) is 11.4 Å². The van der Waals surface area contributed by atoms with Crippen LogP contribution in [0.25, 0.3) is 0 Å². The molecule has 0 atom stereocenters. The van der Waals surface area contributed by atoms with E-state index in [4.69, 9.17) is 9.47 Å². The van der Waals surface area contributed by atoms with Crippen molar-refractivity contribution >= 4 is 23.3 Å². The number of carbonyl (C=O) groups excluding carboxylic acids is 2. The van der Waals surface area contributed by atoms with E-state index in [1.807, 2.05) is 6.92 Å². The second-order valence-corrected chi connectivity index (χ2v) is 5.20. The zero-order valence-corrected chi connectivity index (χ0v) is 14.1. The Morgan fingerprint density at radius 2 is 1.81 bits per heavy atom. The van der Waals surface area contributed by atoms with E-state index >= 15 is 0 Å². The molecule has 0 saturated heterocycles. The molecule has 2 rings (SSSR count). The lowest BCUT2D eigenvalue weighted by molar-refractivity contribution is -0.385. The van der Waals surface area contributed by atoms with Crippen molar-refractivity contribution in [3.8, 4) is 5.75 Å². The van der Waals surface area contributed by atoms with Gasteiger partial charge in [-0.2, -0.15) is 0 Å². The molecule has 0 aliphatic carbocycles. The van der Waals surface area contributed by atoms with Crippen LogP contribution in [0.2, 0.25) is 0 Å². The molecule has 0 bridgehead atoms. The van der Waals surface area contributed by atoms with Gasteiger partial charge in [0.15, 0.2) is 6.61 Å². The van der Waals surface area contributed by atoms with E-state index in [1.165, 1.54) is 18.2 Å². The van der Waals surface area contributed by atoms with E-state index in [0.717, 1.165) is 0 Å². The Kier molecular flexibility index (Phi) is 6.67. The molecule has 8 nitrogen and oxygen atoms in total. The zero-order chi connectivity index (χ0) is 18.9. The van der Waals surface area contributed by atoms with Crippen LogP contribution >= 0.6 is 0 Å². The first-order chi connectivity index (χ1) is 12.5. The van der Waals surface area contributed by atoms with Crippen LogP contribution in [0.15, 0.2) is 48.5 Å². The number of esters is 1. The van der Waals surface area contributed by atoms with Gasteiger partial charge >= 0.3 is 5.97 Å². The summed E-state index contributed by atoms with van der Waals surface area (Å²) >= 11 is 0. The van der Waals surface area contributed by atoms with Crippen LogP contribution in [0, 0.1) is 10.1 Å². The highest BCUT2D eigenvalue weighted by molar-refractivity contribution is 5.94. The van der Waals surface area contributed by atoms with Crippen LogP contribution < -0.4 is 10.1 Å². The van der Waals surface area contributed by atoms with Gasteiger partial charge in [-0.3, -0.25) is 19.7 Å². The number of nitrogens with zero attached hydrogens (tertiary/aromatic N) is 1. The van der Waals surface area contributed by atoms with E-state index in [9.17, 15) is 19.7 Å². The first kappa shape index (κ1) is 18.9. The molecule has 0 heterocycles. The number of carbonyl (C=O) groups is 2. The molecular formula is C18H18N2O6. The van der Waals surface area contributed by atoms with Gasteiger partial charge in [-0.05, 0) is 19.1 Å². The summed E-state index contributed by atoms with van der Waals surface area (Å²) < 4.78 is 10.3. The topological polar surface area (TPSA) is 108 Å². The van der Waals surface area contributed by atoms with Gasteiger partial charge in [-0.25, -0.2) is 0 Å². The van der Waals surface area contributed by atoms with Crippen molar-refractivity contribution in [2.24, 2.45) is 0 Å². The van der Waals surface area contributed by atoms with E-state index in [1.54, 1.807) is 30.3 Å². The van der Waals surface area contributed by atoms with Gasteiger partial charge in [0.25, 0.3) is 11.6 Å². The molecule has 1 N–H and O–H groups in total. The summed E-state index contributed by atoms with van der Waals surface area (Å²) in [7, 11) is 0. The van der Waals surface area contributed by atoms with E-state index in [-0.39, 0.29) is 17.7 Å². The molecule has 8 heteroatoms. The van der Waals surface area contributed by atoms with Crippen molar-refractivity contribution in [1.82, 2.24) is 0 Å². The summed E-state index contributed by atoms with van der Waals surface area (Å²) in [5.41, 5.74) is 0.526. The fourth-order valence-corrected chi connectivity index (χ4v) is 2.23. The molecule has 0 radical (unpaired) electrons. The van der Waals surface area contributed by atoms with E-state index in [2.05, 4.69) is 5.32 Å². The van der Waals surface area contributed by atoms with Crippen molar-refractivity contribution in [2.75, 3.05) is 18.5 Å². The van der Waals surface area contributed by atoms with Crippen molar-refractivity contribution in [3.05, 3.63) is 64.2 Å². The van der Waals surface area contributed by atoms with Gasteiger partial charge in [-0.1, -0.05) is 30.3 Å². The number of para-hydroxylation sites is 3. The molecule has 0 aliphatic heterocycles. The molecule has 0 spiro atoms. The number of benzene rings is 2. The minimum atomic E-state index is -0.729. The quantitative estimate of drug-likeness (QED) is 0.442. The second kappa shape index (κ2) is 9.16. The molecular weight excluding hydrogens is 340 g/mol. The monoisotopic (exact) mass is 358 g/mol. The smallest absolute Gasteiger partial charge is 0.311 e. The van der Waals surface area contributed by atoms with Gasteiger partial charge in [-0.15, -0.1) is 0 Å². The Bertz CT molecular complexity index is 806. The lowest BCUT2D eigenvalue weighted by Gasteiger charge is -2.11. The minimum Gasteiger partial charge on any atom is -0.492 e. The molecule has 2 aromatic carbocycles. The van der Waals surface area contributed by atoms with Gasteiger partial charge in [0.05, 0.1) is 23.6 Å². The number of anilines is 1. The average molecular weight is 358 g/mol. The highest BCUT2D eigenvalue weighted by Crippen LogP contribution is 2.23. The Morgan fingerprint density at radius 1 is 1.12 bits per heavy atom. The Balaban J connectivity index is 1.90. The number of ether oxygens (including phenoxy) is 2. The van der Waals surface area contributed by atoms with Crippen LogP contribution in [-0.4, -0.2) is 30.0 Å². The molecule has 0 aliphatic rings. The normalized spacial score (nSPS) is 10.0. The number of hydrogen-bond acceptors (Lipinski definition) is 6. The summed E-state index contributed by atoms with van der Waals surface area (Å²) in [6.45, 7) is 1.76. The maximum absolute atomic E-state index is 11.9. The van der Waals surface area contributed by atoms with Gasteiger partial charge in [0.2, 0.25) is 0 Å². The van der Waals surface area contributed by atoms with E-state index < -0.39 is 23.4 Å². The third-order valence-corrected chi connectivity index (χ3v) is 3.35. The predicted octanol–water partition coefficient (Wildman–Crippen LogP) is 2.72. The lowest BCUT2D eigenvalue weighted by Crippen LogP contribution is -2.22. The fourth-order valence-electron chi connectivity index (χ4n) is 2.23. The first-order valence-electron chi connectivity index (χ1n) is 7.91. The predicted molar refractivity (Wildman–Crippen MR) is 94.0 cm³/mol. The number of nitrogens with one attached hydrogen (secondary N) is 1. The summed E-state index contributed by atoms with van der Waals surface area (Å²) in [6.07, 6.45) is -0.292. The van der Waals surface area contributed by atoms with Crippen LogP contribution in [-0.2, 0) is 20.7 Å². The van der Waals surface area contributed by atoms with Crippen LogP contribution in [0.3, 0.4) is 0 Å². The van der Waals surface area contributed by atoms with Gasteiger partial charge in [0.1, 0.15) is 5.75 Å². The van der Waals surface area contributed by atoms with Crippen molar-refractivity contribution in [1.29, 1.82) is 0 Å². The number of nitro groups is 1. The van der Waals surface area contributed by atoms with Gasteiger partial charge in [0, 0.05) is 11.6 Å². The maximum atomic E-state index is 11.9. The fraction of sp³-hybridized carbons (Fsp3) is 0.222. The molecule has 0 fully saturated rings. The zero-order valence-electron chi connectivity index (χ0n) is 14.1. The average Bonchev–Trinajstić information content (AvgIpc) is 2.62. The largest absolute Gasteiger partial charge is 0.492 e. The number of amides is 1.